The number of amides is 1. The minimum atomic E-state index is -1.56. The maximum atomic E-state index is 13.0. The van der Waals surface area contributed by atoms with E-state index < -0.39 is 49.5 Å². The quantitative estimate of drug-likeness (QED) is 0.0267. The Morgan fingerprint density at radius 2 is 1.00 bits per heavy atom. The van der Waals surface area contributed by atoms with Crippen molar-refractivity contribution in [1.29, 1.82) is 0 Å². The van der Waals surface area contributed by atoms with Gasteiger partial charge in [0.25, 0.3) is 0 Å². The second-order valence-electron chi connectivity index (χ2n) is 16.6. The van der Waals surface area contributed by atoms with Crippen LogP contribution in [0.4, 0.5) is 0 Å². The Labute approximate surface area is 337 Å². The van der Waals surface area contributed by atoms with Crippen molar-refractivity contribution in [1.82, 2.24) is 5.32 Å². The molecular formula is C46H89NO8. The van der Waals surface area contributed by atoms with Gasteiger partial charge in [-0.25, -0.2) is 0 Å². The first kappa shape index (κ1) is 51.9. The maximum Gasteiger partial charge on any atom is 0.220 e. The second-order valence-corrected chi connectivity index (χ2v) is 16.6. The van der Waals surface area contributed by atoms with Gasteiger partial charge in [-0.15, -0.1) is 0 Å². The van der Waals surface area contributed by atoms with Crippen LogP contribution in [0.3, 0.4) is 0 Å². The summed E-state index contributed by atoms with van der Waals surface area (Å²) in [6.07, 6.45) is 35.4. The molecule has 55 heavy (non-hydrogen) atoms. The molecule has 0 bridgehead atoms. The predicted molar refractivity (Wildman–Crippen MR) is 226 cm³/mol. The number of unbranched alkanes of at least 4 members (excludes halogenated alkanes) is 29. The first-order chi connectivity index (χ1) is 26.8. The van der Waals surface area contributed by atoms with Crippen molar-refractivity contribution in [3.8, 4) is 0 Å². The molecule has 1 rings (SSSR count). The number of aliphatic hydroxyl groups excluding tert-OH is 5. The first-order valence-electron chi connectivity index (χ1n) is 23.4. The molecule has 0 aromatic heterocycles. The summed E-state index contributed by atoms with van der Waals surface area (Å²) in [5, 5.41) is 54.2. The van der Waals surface area contributed by atoms with Crippen LogP contribution in [0.25, 0.3) is 0 Å². The standard InChI is InChI=1S/C46H89NO8/c1-3-5-7-9-11-13-15-17-19-20-21-22-24-26-28-30-32-34-36-42(50)47-39(38-54-46-45(53)44(52)43(51)41(37-48)55-46)40(49)35-33-31-29-27-25-23-18-16-14-12-10-8-6-4-2/h33,35,39-41,43-46,48-49,51-53H,3-32,34,36-38H2,1-2H3,(H,47,50)/b35-33+/t39-,40+,41-,43-,44?,45?,46-/m0/s1. The largest absolute Gasteiger partial charge is 0.394 e. The van der Waals surface area contributed by atoms with E-state index in [1.54, 1.807) is 6.08 Å². The Morgan fingerprint density at radius 1 is 0.600 bits per heavy atom. The topological polar surface area (TPSA) is 149 Å². The van der Waals surface area contributed by atoms with Gasteiger partial charge < -0.3 is 40.3 Å². The lowest BCUT2D eigenvalue weighted by Crippen LogP contribution is -2.60. The average molecular weight is 784 g/mol. The summed E-state index contributed by atoms with van der Waals surface area (Å²) >= 11 is 0. The van der Waals surface area contributed by atoms with Gasteiger partial charge >= 0.3 is 0 Å². The molecule has 1 aliphatic heterocycles. The van der Waals surface area contributed by atoms with Gasteiger partial charge in [0.05, 0.1) is 25.4 Å². The zero-order valence-corrected chi connectivity index (χ0v) is 35.7. The van der Waals surface area contributed by atoms with E-state index in [1.165, 1.54) is 161 Å². The smallest absolute Gasteiger partial charge is 0.220 e. The number of carbonyl (C=O) groups excluding carboxylic acids is 1. The predicted octanol–water partition coefficient (Wildman–Crippen LogP) is 9.73. The van der Waals surface area contributed by atoms with Crippen LogP contribution in [0.1, 0.15) is 219 Å². The second kappa shape index (κ2) is 37.2. The van der Waals surface area contributed by atoms with Crippen LogP contribution in [0.15, 0.2) is 12.2 Å². The molecule has 0 spiro atoms. The van der Waals surface area contributed by atoms with Crippen molar-refractivity contribution in [2.24, 2.45) is 0 Å². The Hall–Kier alpha value is -1.07. The highest BCUT2D eigenvalue weighted by molar-refractivity contribution is 5.76. The summed E-state index contributed by atoms with van der Waals surface area (Å²) in [7, 11) is 0. The third-order valence-electron chi connectivity index (χ3n) is 11.4. The van der Waals surface area contributed by atoms with Gasteiger partial charge in [-0.2, -0.15) is 0 Å². The van der Waals surface area contributed by atoms with E-state index in [-0.39, 0.29) is 12.5 Å². The van der Waals surface area contributed by atoms with Crippen LogP contribution in [-0.2, 0) is 14.3 Å². The number of ether oxygens (including phenoxy) is 2. The Morgan fingerprint density at radius 3 is 1.42 bits per heavy atom. The molecule has 1 saturated heterocycles. The summed E-state index contributed by atoms with van der Waals surface area (Å²) in [4.78, 5) is 13.0. The van der Waals surface area contributed by atoms with E-state index in [0.717, 1.165) is 38.5 Å². The van der Waals surface area contributed by atoms with Crippen molar-refractivity contribution in [3.05, 3.63) is 12.2 Å². The molecule has 0 radical (unpaired) electrons. The lowest BCUT2D eigenvalue weighted by Gasteiger charge is -2.40. The van der Waals surface area contributed by atoms with Gasteiger partial charge in [0.15, 0.2) is 6.29 Å². The molecule has 0 aromatic carbocycles. The number of allylic oxidation sites excluding steroid dienone is 1. The molecule has 9 nitrogen and oxygen atoms in total. The van der Waals surface area contributed by atoms with Gasteiger partial charge in [-0.05, 0) is 19.3 Å². The zero-order chi connectivity index (χ0) is 40.2. The highest BCUT2D eigenvalue weighted by Crippen LogP contribution is 2.23. The van der Waals surface area contributed by atoms with Crippen LogP contribution in [0, 0.1) is 0 Å². The molecule has 6 N–H and O–H groups in total. The summed E-state index contributed by atoms with van der Waals surface area (Å²) in [6.45, 7) is 3.78. The Bertz CT molecular complexity index is 873. The van der Waals surface area contributed by atoms with Crippen molar-refractivity contribution in [2.45, 2.75) is 262 Å². The van der Waals surface area contributed by atoms with Crippen LogP contribution < -0.4 is 5.32 Å². The van der Waals surface area contributed by atoms with Gasteiger partial charge in [-0.3, -0.25) is 4.79 Å². The fourth-order valence-corrected chi connectivity index (χ4v) is 7.57. The molecular weight excluding hydrogens is 695 g/mol. The first-order valence-corrected chi connectivity index (χ1v) is 23.4. The number of nitrogens with one attached hydrogen (secondary N) is 1. The number of aliphatic hydroxyl groups is 5. The molecule has 1 aliphatic rings. The fourth-order valence-electron chi connectivity index (χ4n) is 7.57. The molecule has 0 saturated carbocycles. The van der Waals surface area contributed by atoms with Crippen LogP contribution in [0.2, 0.25) is 0 Å². The molecule has 0 aliphatic carbocycles. The highest BCUT2D eigenvalue weighted by Gasteiger charge is 2.44. The SMILES string of the molecule is CCCCCCCCCCCCCC/C=C/[C@@H](O)[C@H](CO[C@H]1O[C@@H](CO)[C@H](O)C(O)C1O)NC(=O)CCCCCCCCCCCCCCCCCCCC. The van der Waals surface area contributed by atoms with Gasteiger partial charge in [0.2, 0.25) is 5.91 Å². The maximum absolute atomic E-state index is 13.0. The van der Waals surface area contributed by atoms with Crippen molar-refractivity contribution < 1.29 is 39.8 Å². The molecule has 7 atom stereocenters. The number of hydrogen-bond acceptors (Lipinski definition) is 8. The van der Waals surface area contributed by atoms with Crippen LogP contribution in [-0.4, -0.2) is 87.5 Å². The Kier molecular flexibility index (Phi) is 35.2. The molecule has 1 fully saturated rings. The van der Waals surface area contributed by atoms with E-state index in [1.807, 2.05) is 6.08 Å². The van der Waals surface area contributed by atoms with Crippen LogP contribution in [0.5, 0.6) is 0 Å². The van der Waals surface area contributed by atoms with Gasteiger partial charge in [-0.1, -0.05) is 206 Å². The fraction of sp³-hybridized carbons (Fsp3) is 0.935. The zero-order valence-electron chi connectivity index (χ0n) is 35.7. The monoisotopic (exact) mass is 784 g/mol. The third-order valence-corrected chi connectivity index (χ3v) is 11.4. The van der Waals surface area contributed by atoms with Crippen molar-refractivity contribution >= 4 is 5.91 Å². The molecule has 1 heterocycles. The molecule has 0 aromatic rings. The lowest BCUT2D eigenvalue weighted by molar-refractivity contribution is -0.302. The van der Waals surface area contributed by atoms with Gasteiger partial charge in [0.1, 0.15) is 24.4 Å². The highest BCUT2D eigenvalue weighted by atomic mass is 16.7. The van der Waals surface area contributed by atoms with Crippen LogP contribution >= 0.6 is 0 Å². The molecule has 1 amide bonds. The third kappa shape index (κ3) is 28.1. The van der Waals surface area contributed by atoms with E-state index in [9.17, 15) is 30.3 Å². The lowest BCUT2D eigenvalue weighted by atomic mass is 9.99. The van der Waals surface area contributed by atoms with Crippen molar-refractivity contribution in [3.63, 3.8) is 0 Å². The van der Waals surface area contributed by atoms with E-state index in [4.69, 9.17) is 9.47 Å². The Balaban J connectivity index is 2.33. The summed E-state index contributed by atoms with van der Waals surface area (Å²) < 4.78 is 11.2. The molecule has 2 unspecified atom stereocenters. The molecule has 326 valence electrons. The van der Waals surface area contributed by atoms with E-state index in [0.29, 0.717) is 6.42 Å². The minimum absolute atomic E-state index is 0.174. The summed E-state index contributed by atoms with van der Waals surface area (Å²) in [5.74, 6) is -0.174. The summed E-state index contributed by atoms with van der Waals surface area (Å²) in [6, 6.07) is -0.798. The van der Waals surface area contributed by atoms with E-state index in [2.05, 4.69) is 19.2 Å². The minimum Gasteiger partial charge on any atom is -0.394 e. The normalized spacial score (nSPS) is 21.3. The average Bonchev–Trinajstić information content (AvgIpc) is 3.18. The number of hydrogen-bond donors (Lipinski definition) is 6. The number of rotatable bonds is 39. The summed E-state index contributed by atoms with van der Waals surface area (Å²) in [5.41, 5.74) is 0. The number of carbonyl (C=O) groups is 1. The molecule has 9 heteroatoms. The van der Waals surface area contributed by atoms with Crippen molar-refractivity contribution in [2.75, 3.05) is 13.2 Å². The van der Waals surface area contributed by atoms with Gasteiger partial charge in [0, 0.05) is 6.42 Å². The van der Waals surface area contributed by atoms with E-state index >= 15 is 0 Å².